The van der Waals surface area contributed by atoms with Gasteiger partial charge in [-0.05, 0) is 33.6 Å². The standard InChI is InChI=1S/C17H24O7/c1-10-14(3,9-22-11(2)18)17(21)6-5-15(4)16(17,7-12(19)23-10)8-13(20)24-15/h10,21H,5-9H2,1-4H3/t10-,14+,15-,16-,17-/m0/s1. The number of ether oxygens (including phenoxy) is 3. The predicted molar refractivity (Wildman–Crippen MR) is 80.6 cm³/mol. The number of hydrogen-bond donors (Lipinski definition) is 1. The van der Waals surface area contributed by atoms with Crippen LogP contribution in [0.3, 0.4) is 0 Å². The van der Waals surface area contributed by atoms with Gasteiger partial charge in [-0.15, -0.1) is 0 Å². The molecule has 0 unspecified atom stereocenters. The highest BCUT2D eigenvalue weighted by atomic mass is 16.6. The van der Waals surface area contributed by atoms with Crippen LogP contribution in [0.15, 0.2) is 0 Å². The van der Waals surface area contributed by atoms with E-state index < -0.39 is 46.0 Å². The summed E-state index contributed by atoms with van der Waals surface area (Å²) in [6, 6.07) is 0. The molecule has 0 radical (unpaired) electrons. The van der Waals surface area contributed by atoms with Crippen LogP contribution in [0, 0.1) is 10.8 Å². The van der Waals surface area contributed by atoms with Crippen LogP contribution >= 0.6 is 0 Å². The molecule has 1 N–H and O–H groups in total. The van der Waals surface area contributed by atoms with Crippen molar-refractivity contribution in [3.8, 4) is 0 Å². The van der Waals surface area contributed by atoms with Gasteiger partial charge in [0.05, 0.1) is 29.3 Å². The minimum absolute atomic E-state index is 0.0442. The van der Waals surface area contributed by atoms with Crippen molar-refractivity contribution in [2.24, 2.45) is 10.8 Å². The van der Waals surface area contributed by atoms with E-state index in [2.05, 4.69) is 0 Å². The van der Waals surface area contributed by atoms with Crippen molar-refractivity contribution in [1.82, 2.24) is 0 Å². The van der Waals surface area contributed by atoms with Crippen LogP contribution in [0.25, 0.3) is 0 Å². The summed E-state index contributed by atoms with van der Waals surface area (Å²) in [7, 11) is 0. The van der Waals surface area contributed by atoms with E-state index in [1.165, 1.54) is 6.92 Å². The Morgan fingerprint density at radius 1 is 1.25 bits per heavy atom. The molecular formula is C17H24O7. The summed E-state index contributed by atoms with van der Waals surface area (Å²) < 4.78 is 16.2. The third-order valence-corrected chi connectivity index (χ3v) is 6.72. The van der Waals surface area contributed by atoms with Gasteiger partial charge in [0.2, 0.25) is 0 Å². The number of carbonyl (C=O) groups excluding carboxylic acids is 3. The quantitative estimate of drug-likeness (QED) is 0.594. The SMILES string of the molecule is CC(=O)OC[C@]1(C)[C@H](C)OC(=O)C[C@]23CC(=O)O[C@@]2(C)CC[C@@]31O. The molecule has 2 aliphatic heterocycles. The lowest BCUT2D eigenvalue weighted by Crippen LogP contribution is -2.63. The molecule has 1 spiro atoms. The summed E-state index contributed by atoms with van der Waals surface area (Å²) in [5.74, 6) is -1.37. The molecule has 3 fully saturated rings. The second-order valence-corrected chi connectivity index (χ2v) is 7.83. The van der Waals surface area contributed by atoms with Crippen molar-refractivity contribution in [2.75, 3.05) is 6.61 Å². The summed E-state index contributed by atoms with van der Waals surface area (Å²) in [5.41, 5.74) is -4.48. The van der Waals surface area contributed by atoms with Gasteiger partial charge in [-0.25, -0.2) is 0 Å². The van der Waals surface area contributed by atoms with Gasteiger partial charge in [-0.2, -0.15) is 0 Å². The summed E-state index contributed by atoms with van der Waals surface area (Å²) in [6.45, 7) is 6.39. The maximum absolute atomic E-state index is 12.4. The first-order valence-corrected chi connectivity index (χ1v) is 8.27. The molecule has 7 heteroatoms. The fourth-order valence-electron chi connectivity index (χ4n) is 5.02. The zero-order valence-electron chi connectivity index (χ0n) is 14.5. The fourth-order valence-corrected chi connectivity index (χ4v) is 5.02. The maximum atomic E-state index is 12.4. The van der Waals surface area contributed by atoms with Gasteiger partial charge in [-0.1, -0.05) is 0 Å². The summed E-state index contributed by atoms with van der Waals surface area (Å²) in [4.78, 5) is 35.8. The number of esters is 3. The Morgan fingerprint density at radius 3 is 2.50 bits per heavy atom. The van der Waals surface area contributed by atoms with Crippen molar-refractivity contribution < 1.29 is 33.7 Å². The molecule has 0 bridgehead atoms. The minimum Gasteiger partial charge on any atom is -0.465 e. The monoisotopic (exact) mass is 340 g/mol. The van der Waals surface area contributed by atoms with E-state index in [0.717, 1.165) is 0 Å². The third kappa shape index (κ3) is 1.90. The van der Waals surface area contributed by atoms with Crippen LogP contribution < -0.4 is 0 Å². The van der Waals surface area contributed by atoms with Crippen LogP contribution in [0.4, 0.5) is 0 Å². The zero-order chi connectivity index (χ0) is 18.0. The highest BCUT2D eigenvalue weighted by molar-refractivity contribution is 5.79. The Balaban J connectivity index is 2.15. The second-order valence-electron chi connectivity index (χ2n) is 7.83. The Labute approximate surface area is 140 Å². The van der Waals surface area contributed by atoms with Crippen LogP contribution in [-0.4, -0.2) is 46.9 Å². The van der Waals surface area contributed by atoms with E-state index in [4.69, 9.17) is 14.2 Å². The molecule has 7 nitrogen and oxygen atoms in total. The highest BCUT2D eigenvalue weighted by Gasteiger charge is 2.78. The molecule has 2 heterocycles. The van der Waals surface area contributed by atoms with Gasteiger partial charge in [-0.3, -0.25) is 14.4 Å². The lowest BCUT2D eigenvalue weighted by molar-refractivity contribution is -0.207. The molecule has 24 heavy (non-hydrogen) atoms. The summed E-state index contributed by atoms with van der Waals surface area (Å²) in [5, 5.41) is 11.8. The van der Waals surface area contributed by atoms with Crippen LogP contribution in [0.1, 0.15) is 53.4 Å². The maximum Gasteiger partial charge on any atom is 0.307 e. The van der Waals surface area contributed by atoms with Gasteiger partial charge in [0.25, 0.3) is 0 Å². The van der Waals surface area contributed by atoms with Gasteiger partial charge in [0.15, 0.2) is 0 Å². The Kier molecular flexibility index (Phi) is 3.54. The minimum atomic E-state index is -1.43. The van der Waals surface area contributed by atoms with Crippen molar-refractivity contribution in [3.63, 3.8) is 0 Å². The van der Waals surface area contributed by atoms with Gasteiger partial charge in [0, 0.05) is 6.92 Å². The van der Waals surface area contributed by atoms with E-state index in [9.17, 15) is 19.5 Å². The average molecular weight is 340 g/mol. The molecule has 1 aliphatic carbocycles. The fraction of sp³-hybridized carbons (Fsp3) is 0.824. The summed E-state index contributed by atoms with van der Waals surface area (Å²) >= 11 is 0. The molecule has 134 valence electrons. The van der Waals surface area contributed by atoms with Crippen molar-refractivity contribution in [1.29, 1.82) is 0 Å². The smallest absolute Gasteiger partial charge is 0.307 e. The van der Waals surface area contributed by atoms with Crippen LogP contribution in [-0.2, 0) is 28.6 Å². The third-order valence-electron chi connectivity index (χ3n) is 6.72. The second kappa shape index (κ2) is 4.94. The summed E-state index contributed by atoms with van der Waals surface area (Å²) in [6.07, 6.45) is -0.0179. The number of cyclic esters (lactones) is 1. The molecular weight excluding hydrogens is 316 g/mol. The zero-order valence-corrected chi connectivity index (χ0v) is 14.5. The van der Waals surface area contributed by atoms with Crippen molar-refractivity contribution >= 4 is 17.9 Å². The van der Waals surface area contributed by atoms with E-state index in [0.29, 0.717) is 12.8 Å². The topological polar surface area (TPSA) is 99.1 Å². The normalized spacial score (nSPS) is 47.3. The number of rotatable bonds is 2. The molecule has 0 amide bonds. The lowest BCUT2D eigenvalue weighted by Gasteiger charge is -2.51. The van der Waals surface area contributed by atoms with Crippen LogP contribution in [0.2, 0.25) is 0 Å². The highest BCUT2D eigenvalue weighted by Crippen LogP contribution is 2.68. The van der Waals surface area contributed by atoms with E-state index in [1.807, 2.05) is 0 Å². The molecule has 1 saturated carbocycles. The molecule has 2 saturated heterocycles. The van der Waals surface area contributed by atoms with Crippen molar-refractivity contribution in [3.05, 3.63) is 0 Å². The lowest BCUT2D eigenvalue weighted by atomic mass is 9.55. The molecule has 3 aliphatic rings. The number of hydrogen-bond acceptors (Lipinski definition) is 7. The predicted octanol–water partition coefficient (Wildman–Crippen LogP) is 1.11. The Bertz CT molecular complexity index is 616. The average Bonchev–Trinajstić information content (AvgIpc) is 2.81. The Hall–Kier alpha value is -1.63. The largest absolute Gasteiger partial charge is 0.465 e. The van der Waals surface area contributed by atoms with E-state index in [-0.39, 0.29) is 19.4 Å². The first-order valence-electron chi connectivity index (χ1n) is 8.27. The first-order chi connectivity index (χ1) is 11.0. The Morgan fingerprint density at radius 2 is 1.88 bits per heavy atom. The van der Waals surface area contributed by atoms with Gasteiger partial charge >= 0.3 is 17.9 Å². The number of aliphatic hydroxyl groups is 1. The van der Waals surface area contributed by atoms with Crippen molar-refractivity contribution in [2.45, 2.75) is 70.7 Å². The molecule has 5 atom stereocenters. The molecule has 0 aromatic carbocycles. The van der Waals surface area contributed by atoms with Gasteiger partial charge < -0.3 is 19.3 Å². The molecule has 0 aromatic heterocycles. The number of carbonyl (C=O) groups is 3. The molecule has 3 rings (SSSR count). The molecule has 0 aromatic rings. The van der Waals surface area contributed by atoms with Crippen LogP contribution in [0.5, 0.6) is 0 Å². The first kappa shape index (κ1) is 17.2. The van der Waals surface area contributed by atoms with Gasteiger partial charge in [0.1, 0.15) is 18.3 Å². The van der Waals surface area contributed by atoms with E-state index >= 15 is 0 Å². The van der Waals surface area contributed by atoms with E-state index in [1.54, 1.807) is 20.8 Å².